The van der Waals surface area contributed by atoms with E-state index in [1.165, 1.54) is 0 Å². The molecule has 1 saturated heterocycles. The van der Waals surface area contributed by atoms with Gasteiger partial charge in [0.2, 0.25) is 0 Å². The van der Waals surface area contributed by atoms with Crippen LogP contribution in [0.25, 0.3) is 0 Å². The summed E-state index contributed by atoms with van der Waals surface area (Å²) in [6.45, 7) is 1.10. The van der Waals surface area contributed by atoms with Gasteiger partial charge in [0.05, 0.1) is 31.8 Å². The Labute approximate surface area is 105 Å². The summed E-state index contributed by atoms with van der Waals surface area (Å²) in [4.78, 5) is 0. The molecule has 0 radical (unpaired) electrons. The molecule has 1 fully saturated rings. The van der Waals surface area contributed by atoms with Gasteiger partial charge < -0.3 is 19.7 Å². The minimum atomic E-state index is -1.09. The summed E-state index contributed by atoms with van der Waals surface area (Å²) in [6, 6.07) is 8.85. The Kier molecular flexibility index (Phi) is 4.28. The number of rotatable bonds is 4. The lowest BCUT2D eigenvalue weighted by Crippen LogP contribution is -2.17. The van der Waals surface area contributed by atoms with Crippen molar-refractivity contribution in [2.24, 2.45) is 0 Å². The summed E-state index contributed by atoms with van der Waals surface area (Å²) in [6.07, 6.45) is -2.69. The normalized spacial score (nSPS) is 19.4. The maximum absolute atomic E-state index is 9.90. The Hall–Kier alpha value is -1.45. The van der Waals surface area contributed by atoms with Crippen molar-refractivity contribution in [2.75, 3.05) is 13.2 Å². The third kappa shape index (κ3) is 2.86. The van der Waals surface area contributed by atoms with Gasteiger partial charge in [0, 0.05) is 5.56 Å². The molecule has 5 nitrogen and oxygen atoms in total. The van der Waals surface area contributed by atoms with E-state index in [0.717, 1.165) is 5.56 Å². The Morgan fingerprint density at radius 1 is 1.33 bits per heavy atom. The van der Waals surface area contributed by atoms with Gasteiger partial charge in [0.15, 0.2) is 6.29 Å². The van der Waals surface area contributed by atoms with E-state index in [1.54, 1.807) is 18.2 Å². The molecule has 0 aromatic heterocycles. The van der Waals surface area contributed by atoms with Crippen LogP contribution in [0.3, 0.4) is 0 Å². The first-order valence-corrected chi connectivity index (χ1v) is 5.78. The van der Waals surface area contributed by atoms with Crippen molar-refractivity contribution in [1.29, 1.82) is 5.26 Å². The molecule has 2 atom stereocenters. The van der Waals surface area contributed by atoms with Gasteiger partial charge in [0.1, 0.15) is 6.10 Å². The summed E-state index contributed by atoms with van der Waals surface area (Å²) in [5.41, 5.74) is 1.35. The van der Waals surface area contributed by atoms with Crippen LogP contribution < -0.4 is 0 Å². The van der Waals surface area contributed by atoms with E-state index < -0.39 is 18.5 Å². The van der Waals surface area contributed by atoms with Gasteiger partial charge in [-0.1, -0.05) is 18.2 Å². The average Bonchev–Trinajstić information content (AvgIpc) is 2.92. The average molecular weight is 249 g/mol. The van der Waals surface area contributed by atoms with E-state index in [4.69, 9.17) is 14.7 Å². The van der Waals surface area contributed by atoms with Gasteiger partial charge in [-0.05, 0) is 11.6 Å². The lowest BCUT2D eigenvalue weighted by atomic mass is 10.0. The quantitative estimate of drug-likeness (QED) is 0.833. The molecule has 0 spiro atoms. The van der Waals surface area contributed by atoms with Crippen molar-refractivity contribution in [3.8, 4) is 6.07 Å². The number of ether oxygens (including phenoxy) is 2. The van der Waals surface area contributed by atoms with Gasteiger partial charge in [-0.3, -0.25) is 0 Å². The molecule has 1 aromatic rings. The molecule has 2 rings (SSSR count). The minimum Gasteiger partial charge on any atom is -0.389 e. The standard InChI is InChI=1S/C13H15NO4/c14-5-4-11(15)12(16)9-2-1-3-10(8-9)13-17-6-7-18-13/h1-3,8,11-13,15-16H,4,6-7H2. The number of hydrogen-bond donors (Lipinski definition) is 2. The molecule has 2 N–H and O–H groups in total. The SMILES string of the molecule is N#CCC(O)C(O)c1cccc(C2OCCO2)c1. The first-order chi connectivity index (χ1) is 8.72. The molecular weight excluding hydrogens is 234 g/mol. The first kappa shape index (κ1) is 13.0. The van der Waals surface area contributed by atoms with Crippen LogP contribution in [0.5, 0.6) is 0 Å². The second kappa shape index (κ2) is 5.94. The highest BCUT2D eigenvalue weighted by Gasteiger charge is 2.22. The minimum absolute atomic E-state index is 0.109. The summed E-state index contributed by atoms with van der Waals surface area (Å²) < 4.78 is 10.7. The molecule has 1 heterocycles. The van der Waals surface area contributed by atoms with E-state index >= 15 is 0 Å². The zero-order valence-corrected chi connectivity index (χ0v) is 9.82. The highest BCUT2D eigenvalue weighted by molar-refractivity contribution is 5.27. The topological polar surface area (TPSA) is 82.7 Å². The van der Waals surface area contributed by atoms with Crippen LogP contribution in [0.4, 0.5) is 0 Å². The molecule has 0 saturated carbocycles. The summed E-state index contributed by atoms with van der Waals surface area (Å²) in [5, 5.41) is 28.0. The molecule has 1 aliphatic rings. The van der Waals surface area contributed by atoms with Gasteiger partial charge >= 0.3 is 0 Å². The second-order valence-corrected chi connectivity index (χ2v) is 4.12. The molecule has 2 unspecified atom stereocenters. The van der Waals surface area contributed by atoms with Crippen LogP contribution in [-0.4, -0.2) is 29.5 Å². The van der Waals surface area contributed by atoms with E-state index in [9.17, 15) is 10.2 Å². The Bertz CT molecular complexity index is 437. The number of nitrogens with zero attached hydrogens (tertiary/aromatic N) is 1. The monoisotopic (exact) mass is 249 g/mol. The van der Waals surface area contributed by atoms with Crippen molar-refractivity contribution in [2.45, 2.75) is 24.9 Å². The van der Waals surface area contributed by atoms with Crippen LogP contribution in [0.1, 0.15) is 29.9 Å². The summed E-state index contributed by atoms with van der Waals surface area (Å²) in [7, 11) is 0. The van der Waals surface area contributed by atoms with Crippen molar-refractivity contribution >= 4 is 0 Å². The number of nitriles is 1. The summed E-state index contributed by atoms with van der Waals surface area (Å²) in [5.74, 6) is 0. The molecule has 5 heteroatoms. The smallest absolute Gasteiger partial charge is 0.184 e. The van der Waals surface area contributed by atoms with E-state index in [-0.39, 0.29) is 6.42 Å². The van der Waals surface area contributed by atoms with Crippen LogP contribution in [-0.2, 0) is 9.47 Å². The third-order valence-corrected chi connectivity index (χ3v) is 2.81. The molecule has 18 heavy (non-hydrogen) atoms. The fourth-order valence-electron chi connectivity index (χ4n) is 1.87. The lowest BCUT2D eigenvalue weighted by molar-refractivity contribution is -0.0444. The molecule has 1 aliphatic heterocycles. The maximum Gasteiger partial charge on any atom is 0.184 e. The molecule has 96 valence electrons. The highest BCUT2D eigenvalue weighted by Crippen LogP contribution is 2.27. The Morgan fingerprint density at radius 3 is 2.72 bits per heavy atom. The Balaban J connectivity index is 2.13. The van der Waals surface area contributed by atoms with Gasteiger partial charge in [0.25, 0.3) is 0 Å². The third-order valence-electron chi connectivity index (χ3n) is 2.81. The molecule has 0 bridgehead atoms. The number of hydrogen-bond acceptors (Lipinski definition) is 5. The lowest BCUT2D eigenvalue weighted by Gasteiger charge is -2.17. The van der Waals surface area contributed by atoms with Crippen LogP contribution in [0, 0.1) is 11.3 Å². The number of benzene rings is 1. The van der Waals surface area contributed by atoms with Crippen LogP contribution in [0.15, 0.2) is 24.3 Å². The van der Waals surface area contributed by atoms with Crippen molar-refractivity contribution in [1.82, 2.24) is 0 Å². The maximum atomic E-state index is 9.90. The predicted octanol–water partition coefficient (Wildman–Crippen LogP) is 1.04. The second-order valence-electron chi connectivity index (χ2n) is 4.12. The zero-order chi connectivity index (χ0) is 13.0. The van der Waals surface area contributed by atoms with Gasteiger partial charge in [-0.25, -0.2) is 0 Å². The van der Waals surface area contributed by atoms with Crippen LogP contribution >= 0.6 is 0 Å². The van der Waals surface area contributed by atoms with Crippen molar-refractivity contribution < 1.29 is 19.7 Å². The van der Waals surface area contributed by atoms with Gasteiger partial charge in [-0.2, -0.15) is 5.26 Å². The van der Waals surface area contributed by atoms with Crippen LogP contribution in [0.2, 0.25) is 0 Å². The first-order valence-electron chi connectivity index (χ1n) is 5.78. The van der Waals surface area contributed by atoms with Gasteiger partial charge in [-0.15, -0.1) is 0 Å². The molecule has 0 aliphatic carbocycles. The molecule has 0 amide bonds. The fraction of sp³-hybridized carbons (Fsp3) is 0.462. The van der Waals surface area contributed by atoms with Crippen molar-refractivity contribution in [3.05, 3.63) is 35.4 Å². The fourth-order valence-corrected chi connectivity index (χ4v) is 1.87. The molecule has 1 aromatic carbocycles. The highest BCUT2D eigenvalue weighted by atomic mass is 16.7. The number of aliphatic hydroxyl groups excluding tert-OH is 2. The molecular formula is C13H15NO4. The summed E-state index contributed by atoms with van der Waals surface area (Å²) >= 11 is 0. The predicted molar refractivity (Wildman–Crippen MR) is 62.3 cm³/mol. The number of aliphatic hydroxyl groups is 2. The van der Waals surface area contributed by atoms with Crippen molar-refractivity contribution in [3.63, 3.8) is 0 Å². The zero-order valence-electron chi connectivity index (χ0n) is 9.82. The van der Waals surface area contributed by atoms with E-state index in [0.29, 0.717) is 18.8 Å². The Morgan fingerprint density at radius 2 is 2.06 bits per heavy atom. The van der Waals surface area contributed by atoms with E-state index in [2.05, 4.69) is 0 Å². The largest absolute Gasteiger partial charge is 0.389 e. The van der Waals surface area contributed by atoms with E-state index in [1.807, 2.05) is 12.1 Å².